The highest BCUT2D eigenvalue weighted by Crippen LogP contribution is 2.08. The first-order chi connectivity index (χ1) is 7.27. The van der Waals surface area contributed by atoms with Crippen molar-refractivity contribution in [3.05, 3.63) is 0 Å². The Morgan fingerprint density at radius 2 is 2.07 bits per heavy atom. The lowest BCUT2D eigenvalue weighted by molar-refractivity contribution is -0.131. The van der Waals surface area contributed by atoms with Gasteiger partial charge in [0.1, 0.15) is 0 Å². The number of amides is 1. The minimum absolute atomic E-state index is 0.203. The molecule has 1 heterocycles. The molecule has 0 unspecified atom stereocenters. The van der Waals surface area contributed by atoms with Crippen LogP contribution in [0.2, 0.25) is 0 Å². The number of aliphatic hydroxyl groups is 1. The van der Waals surface area contributed by atoms with Crippen LogP contribution in [0.1, 0.15) is 26.2 Å². The summed E-state index contributed by atoms with van der Waals surface area (Å²) in [6, 6.07) is 0. The van der Waals surface area contributed by atoms with Gasteiger partial charge < -0.3 is 10.0 Å². The highest BCUT2D eigenvalue weighted by Gasteiger charge is 2.19. The molecule has 15 heavy (non-hydrogen) atoms. The Hall–Kier alpha value is -0.610. The maximum Gasteiger partial charge on any atom is 0.236 e. The molecule has 0 saturated carbocycles. The third-order valence-corrected chi connectivity index (χ3v) is 2.90. The quantitative estimate of drug-likeness (QED) is 0.692. The number of likely N-dealkylation sites (N-methyl/N-ethyl adjacent to an activating group) is 1. The molecule has 0 aromatic heterocycles. The summed E-state index contributed by atoms with van der Waals surface area (Å²) in [7, 11) is 0. The summed E-state index contributed by atoms with van der Waals surface area (Å²) >= 11 is 0. The van der Waals surface area contributed by atoms with E-state index in [1.165, 1.54) is 0 Å². The van der Waals surface area contributed by atoms with Crippen LogP contribution in [0, 0.1) is 0 Å². The number of carbonyl (C=O) groups is 1. The van der Waals surface area contributed by atoms with Gasteiger partial charge in [-0.05, 0) is 25.8 Å². The van der Waals surface area contributed by atoms with E-state index in [2.05, 4.69) is 11.8 Å². The fourth-order valence-corrected chi connectivity index (χ4v) is 1.90. The van der Waals surface area contributed by atoms with Gasteiger partial charge in [0.2, 0.25) is 5.91 Å². The third-order valence-electron chi connectivity index (χ3n) is 2.90. The lowest BCUT2D eigenvalue weighted by atomic mass is 10.3. The second-order valence-corrected chi connectivity index (χ2v) is 4.03. The molecule has 1 N–H and O–H groups in total. The van der Waals surface area contributed by atoms with Crippen LogP contribution in [-0.2, 0) is 4.79 Å². The van der Waals surface area contributed by atoms with E-state index in [1.807, 2.05) is 4.90 Å². The van der Waals surface area contributed by atoms with Crippen LogP contribution < -0.4 is 0 Å². The minimum atomic E-state index is 0.203. The number of hydrogen-bond donors (Lipinski definition) is 1. The number of aliphatic hydroxyl groups excluding tert-OH is 1. The zero-order chi connectivity index (χ0) is 11.1. The van der Waals surface area contributed by atoms with Crippen LogP contribution in [-0.4, -0.2) is 60.1 Å². The number of rotatable bonds is 6. The maximum atomic E-state index is 11.8. The first-order valence-electron chi connectivity index (χ1n) is 5.89. The molecule has 1 amide bonds. The van der Waals surface area contributed by atoms with Gasteiger partial charge in [-0.3, -0.25) is 9.69 Å². The Morgan fingerprint density at radius 3 is 2.60 bits per heavy atom. The molecule has 0 bridgehead atoms. The number of likely N-dealkylation sites (tertiary alicyclic amines) is 1. The van der Waals surface area contributed by atoms with Gasteiger partial charge in [-0.1, -0.05) is 6.92 Å². The van der Waals surface area contributed by atoms with Gasteiger partial charge in [-0.2, -0.15) is 0 Å². The molecule has 4 nitrogen and oxygen atoms in total. The highest BCUT2D eigenvalue weighted by molar-refractivity contribution is 5.78. The summed E-state index contributed by atoms with van der Waals surface area (Å²) in [5.74, 6) is 0.243. The summed E-state index contributed by atoms with van der Waals surface area (Å²) in [5.41, 5.74) is 0. The summed E-state index contributed by atoms with van der Waals surface area (Å²) in [5, 5.41) is 8.73. The van der Waals surface area contributed by atoms with Crippen LogP contribution >= 0.6 is 0 Å². The molecule has 0 aromatic rings. The maximum absolute atomic E-state index is 11.8. The van der Waals surface area contributed by atoms with Crippen LogP contribution in [0.25, 0.3) is 0 Å². The van der Waals surface area contributed by atoms with E-state index < -0.39 is 0 Å². The number of nitrogens with zero attached hydrogens (tertiary/aromatic N) is 2. The van der Waals surface area contributed by atoms with Crippen LogP contribution in [0.3, 0.4) is 0 Å². The van der Waals surface area contributed by atoms with E-state index in [4.69, 9.17) is 5.11 Å². The van der Waals surface area contributed by atoms with E-state index in [1.54, 1.807) is 0 Å². The van der Waals surface area contributed by atoms with Crippen LogP contribution in [0.15, 0.2) is 0 Å². The molecule has 0 aliphatic carbocycles. The van der Waals surface area contributed by atoms with Gasteiger partial charge in [-0.15, -0.1) is 0 Å². The number of hydrogen-bond acceptors (Lipinski definition) is 3. The Morgan fingerprint density at radius 1 is 1.40 bits per heavy atom. The van der Waals surface area contributed by atoms with Gasteiger partial charge >= 0.3 is 0 Å². The van der Waals surface area contributed by atoms with Crippen molar-refractivity contribution < 1.29 is 9.90 Å². The second kappa shape index (κ2) is 6.80. The summed E-state index contributed by atoms with van der Waals surface area (Å²) in [4.78, 5) is 15.8. The van der Waals surface area contributed by atoms with Gasteiger partial charge in [0, 0.05) is 26.2 Å². The second-order valence-electron chi connectivity index (χ2n) is 4.03. The molecule has 1 aliphatic rings. The summed E-state index contributed by atoms with van der Waals surface area (Å²) in [6.45, 7) is 6.30. The molecule has 4 heteroatoms. The van der Waals surface area contributed by atoms with E-state index in [0.717, 1.165) is 45.4 Å². The molecule has 1 aliphatic heterocycles. The minimum Gasteiger partial charge on any atom is -0.396 e. The van der Waals surface area contributed by atoms with Gasteiger partial charge in [0.15, 0.2) is 0 Å². The predicted octanol–water partition coefficient (Wildman–Crippen LogP) is 0.313. The first kappa shape index (κ1) is 12.5. The normalized spacial score (nSPS) is 16.3. The average molecular weight is 214 g/mol. The molecule has 0 radical (unpaired) electrons. The molecular weight excluding hydrogens is 192 g/mol. The topological polar surface area (TPSA) is 43.8 Å². The average Bonchev–Trinajstić information content (AvgIpc) is 2.77. The van der Waals surface area contributed by atoms with Crippen molar-refractivity contribution in [3.8, 4) is 0 Å². The molecule has 0 spiro atoms. The summed E-state index contributed by atoms with van der Waals surface area (Å²) < 4.78 is 0. The SMILES string of the molecule is CCN(CCCO)CC(=O)N1CCCC1. The Bertz CT molecular complexity index is 191. The summed E-state index contributed by atoms with van der Waals surface area (Å²) in [6.07, 6.45) is 3.05. The molecule has 88 valence electrons. The number of carbonyl (C=O) groups excluding carboxylic acids is 1. The third kappa shape index (κ3) is 4.18. The zero-order valence-electron chi connectivity index (χ0n) is 9.61. The standard InChI is InChI=1S/C11H22N2O2/c1-2-12(6-5-9-14)10-11(15)13-7-3-4-8-13/h14H,2-10H2,1H3. The van der Waals surface area contributed by atoms with Gasteiger partial charge in [0.05, 0.1) is 6.54 Å². The monoisotopic (exact) mass is 214 g/mol. The predicted molar refractivity (Wildman–Crippen MR) is 59.6 cm³/mol. The Kier molecular flexibility index (Phi) is 5.65. The molecule has 1 fully saturated rings. The van der Waals surface area contributed by atoms with Crippen molar-refractivity contribution in [1.29, 1.82) is 0 Å². The Labute approximate surface area is 91.9 Å². The van der Waals surface area contributed by atoms with Crippen molar-refractivity contribution in [3.63, 3.8) is 0 Å². The van der Waals surface area contributed by atoms with Gasteiger partial charge in [0.25, 0.3) is 0 Å². The Balaban J connectivity index is 2.26. The van der Waals surface area contributed by atoms with E-state index in [-0.39, 0.29) is 12.5 Å². The smallest absolute Gasteiger partial charge is 0.236 e. The fourth-order valence-electron chi connectivity index (χ4n) is 1.90. The van der Waals surface area contributed by atoms with Crippen molar-refractivity contribution in [2.24, 2.45) is 0 Å². The zero-order valence-corrected chi connectivity index (χ0v) is 9.61. The van der Waals surface area contributed by atoms with Crippen LogP contribution in [0.4, 0.5) is 0 Å². The van der Waals surface area contributed by atoms with E-state index in [9.17, 15) is 4.79 Å². The molecular formula is C11H22N2O2. The lowest BCUT2D eigenvalue weighted by Crippen LogP contribution is -2.39. The van der Waals surface area contributed by atoms with Crippen molar-refractivity contribution in [1.82, 2.24) is 9.80 Å². The van der Waals surface area contributed by atoms with Gasteiger partial charge in [-0.25, -0.2) is 0 Å². The molecule has 1 saturated heterocycles. The highest BCUT2D eigenvalue weighted by atomic mass is 16.3. The first-order valence-corrected chi connectivity index (χ1v) is 5.89. The molecule has 0 aromatic carbocycles. The van der Waals surface area contributed by atoms with E-state index >= 15 is 0 Å². The lowest BCUT2D eigenvalue weighted by Gasteiger charge is -2.23. The largest absolute Gasteiger partial charge is 0.396 e. The van der Waals surface area contributed by atoms with Crippen LogP contribution in [0.5, 0.6) is 0 Å². The van der Waals surface area contributed by atoms with Crippen molar-refractivity contribution in [2.45, 2.75) is 26.2 Å². The van der Waals surface area contributed by atoms with Crippen molar-refractivity contribution in [2.75, 3.05) is 39.3 Å². The van der Waals surface area contributed by atoms with Crippen molar-refractivity contribution >= 4 is 5.91 Å². The fraction of sp³-hybridized carbons (Fsp3) is 0.909. The molecule has 0 atom stereocenters. The van der Waals surface area contributed by atoms with E-state index in [0.29, 0.717) is 6.54 Å². The molecule has 1 rings (SSSR count).